The first-order valence-electron chi connectivity index (χ1n) is 6.53. The Bertz CT molecular complexity index is 832. The molecular formula is C14H13BrN2O3S2. The Kier molecular flexibility index (Phi) is 4.11. The Hall–Kier alpha value is -1.22. The summed E-state index contributed by atoms with van der Waals surface area (Å²) < 4.78 is 27.8. The molecule has 0 unspecified atom stereocenters. The smallest absolute Gasteiger partial charge is 0.253 e. The molecule has 1 aliphatic rings. The molecule has 1 atom stereocenters. The summed E-state index contributed by atoms with van der Waals surface area (Å²) in [6.45, 7) is 0.154. The predicted molar refractivity (Wildman–Crippen MR) is 87.9 cm³/mol. The highest BCUT2D eigenvalue weighted by molar-refractivity contribution is 9.11. The summed E-state index contributed by atoms with van der Waals surface area (Å²) in [6, 6.07) is 9.85. The molecule has 116 valence electrons. The molecule has 8 heteroatoms. The molecule has 2 aromatic rings. The van der Waals surface area contributed by atoms with Crippen molar-refractivity contribution in [1.29, 1.82) is 0 Å². The van der Waals surface area contributed by atoms with Gasteiger partial charge in [-0.2, -0.15) is 4.31 Å². The molecule has 0 aliphatic carbocycles. The van der Waals surface area contributed by atoms with E-state index in [0.29, 0.717) is 6.42 Å². The normalized spacial score (nSPS) is 18.9. The van der Waals surface area contributed by atoms with Gasteiger partial charge in [0.2, 0.25) is 5.91 Å². The highest BCUT2D eigenvalue weighted by atomic mass is 79.9. The number of fused-ring (bicyclic) bond motifs is 1. The van der Waals surface area contributed by atoms with Crippen LogP contribution in [0.3, 0.4) is 0 Å². The second-order valence-electron chi connectivity index (χ2n) is 5.00. The Morgan fingerprint density at radius 2 is 1.91 bits per heavy atom. The fourth-order valence-electron chi connectivity index (χ4n) is 2.55. The van der Waals surface area contributed by atoms with Gasteiger partial charge in [-0.3, -0.25) is 4.79 Å². The van der Waals surface area contributed by atoms with Crippen molar-refractivity contribution in [2.24, 2.45) is 5.73 Å². The fourth-order valence-corrected chi connectivity index (χ4v) is 6.26. The van der Waals surface area contributed by atoms with Gasteiger partial charge in [-0.15, -0.1) is 11.3 Å². The second kappa shape index (κ2) is 5.77. The molecular weight excluding hydrogens is 388 g/mol. The van der Waals surface area contributed by atoms with Gasteiger partial charge in [0.1, 0.15) is 10.3 Å². The van der Waals surface area contributed by atoms with Crippen molar-refractivity contribution in [2.75, 3.05) is 0 Å². The number of primary amides is 1. The molecule has 22 heavy (non-hydrogen) atoms. The zero-order valence-electron chi connectivity index (χ0n) is 11.4. The lowest BCUT2D eigenvalue weighted by atomic mass is 9.96. The molecule has 2 heterocycles. The maximum atomic E-state index is 12.8. The number of carbonyl (C=O) groups excluding carboxylic acids is 1. The Labute approximate surface area is 140 Å². The largest absolute Gasteiger partial charge is 0.368 e. The lowest BCUT2D eigenvalue weighted by Gasteiger charge is -2.33. The van der Waals surface area contributed by atoms with Crippen LogP contribution < -0.4 is 5.73 Å². The van der Waals surface area contributed by atoms with E-state index in [1.54, 1.807) is 6.07 Å². The van der Waals surface area contributed by atoms with Gasteiger partial charge in [0.15, 0.2) is 0 Å². The number of thiophene rings is 1. The van der Waals surface area contributed by atoms with Crippen molar-refractivity contribution >= 4 is 43.2 Å². The van der Waals surface area contributed by atoms with Gasteiger partial charge in [-0.25, -0.2) is 8.42 Å². The summed E-state index contributed by atoms with van der Waals surface area (Å²) in [6.07, 6.45) is 0.303. The first-order valence-corrected chi connectivity index (χ1v) is 9.58. The van der Waals surface area contributed by atoms with Gasteiger partial charge in [-0.05, 0) is 45.6 Å². The number of halogens is 1. The molecule has 0 saturated carbocycles. The monoisotopic (exact) mass is 400 g/mol. The lowest BCUT2D eigenvalue weighted by molar-refractivity contribution is -0.122. The standard InChI is InChI=1S/C14H13BrN2O3S2/c15-12-5-6-13(21-12)22(19,20)17-8-10-4-2-1-3-9(10)7-11(17)14(16)18/h1-6,11H,7-8H2,(H2,16,18)/t11-/m0/s1. The number of carbonyl (C=O) groups is 1. The minimum atomic E-state index is -3.76. The maximum Gasteiger partial charge on any atom is 0.253 e. The van der Waals surface area contributed by atoms with Crippen LogP contribution in [0.1, 0.15) is 11.1 Å². The highest BCUT2D eigenvalue weighted by Gasteiger charge is 2.39. The second-order valence-corrected chi connectivity index (χ2v) is 9.58. The number of sulfonamides is 1. The third-order valence-electron chi connectivity index (χ3n) is 3.65. The molecule has 2 N–H and O–H groups in total. The van der Waals surface area contributed by atoms with Gasteiger partial charge in [0.05, 0.1) is 3.79 Å². The zero-order chi connectivity index (χ0) is 15.9. The summed E-state index contributed by atoms with van der Waals surface area (Å²) in [7, 11) is -3.76. The molecule has 1 amide bonds. The quantitative estimate of drug-likeness (QED) is 0.856. The van der Waals surface area contributed by atoms with Crippen LogP contribution in [-0.2, 0) is 27.8 Å². The van der Waals surface area contributed by atoms with Crippen LogP contribution in [0.2, 0.25) is 0 Å². The molecule has 0 radical (unpaired) electrons. The molecule has 0 spiro atoms. The van der Waals surface area contributed by atoms with Crippen LogP contribution in [-0.4, -0.2) is 24.7 Å². The third-order valence-corrected chi connectivity index (χ3v) is 7.59. The summed E-state index contributed by atoms with van der Waals surface area (Å²) >= 11 is 4.38. The van der Waals surface area contributed by atoms with E-state index in [2.05, 4.69) is 15.9 Å². The fraction of sp³-hybridized carbons (Fsp3) is 0.214. The van der Waals surface area contributed by atoms with Gasteiger partial charge in [-0.1, -0.05) is 24.3 Å². The summed E-state index contributed by atoms with van der Waals surface area (Å²) in [5.74, 6) is -0.631. The van der Waals surface area contributed by atoms with Crippen molar-refractivity contribution in [1.82, 2.24) is 4.31 Å². The average molecular weight is 401 g/mol. The Morgan fingerprint density at radius 1 is 1.23 bits per heavy atom. The first kappa shape index (κ1) is 15.7. The SMILES string of the molecule is NC(=O)[C@@H]1Cc2ccccc2CN1S(=O)(=O)c1ccc(Br)s1. The maximum absolute atomic E-state index is 12.8. The van der Waals surface area contributed by atoms with Crippen molar-refractivity contribution in [3.63, 3.8) is 0 Å². The Balaban J connectivity index is 2.06. The van der Waals surface area contributed by atoms with Gasteiger partial charge < -0.3 is 5.73 Å². The molecule has 1 aliphatic heterocycles. The number of amides is 1. The van der Waals surface area contributed by atoms with E-state index in [1.165, 1.54) is 10.4 Å². The lowest BCUT2D eigenvalue weighted by Crippen LogP contribution is -2.50. The number of rotatable bonds is 3. The van der Waals surface area contributed by atoms with Gasteiger partial charge in [0, 0.05) is 6.54 Å². The molecule has 0 saturated heterocycles. The molecule has 3 rings (SSSR count). The van der Waals surface area contributed by atoms with E-state index < -0.39 is 22.0 Å². The van der Waals surface area contributed by atoms with Crippen molar-refractivity contribution in [3.8, 4) is 0 Å². The zero-order valence-corrected chi connectivity index (χ0v) is 14.6. The van der Waals surface area contributed by atoms with Crippen LogP contribution in [0, 0.1) is 0 Å². The summed E-state index contributed by atoms with van der Waals surface area (Å²) in [5, 5.41) is 0. The molecule has 5 nitrogen and oxygen atoms in total. The van der Waals surface area contributed by atoms with Gasteiger partial charge in [0.25, 0.3) is 10.0 Å². The molecule has 1 aromatic heterocycles. The first-order chi connectivity index (χ1) is 10.4. The number of benzene rings is 1. The summed E-state index contributed by atoms with van der Waals surface area (Å²) in [4.78, 5) is 11.8. The van der Waals surface area contributed by atoms with Crippen LogP contribution in [0.5, 0.6) is 0 Å². The van der Waals surface area contributed by atoms with Crippen LogP contribution in [0.4, 0.5) is 0 Å². The molecule has 0 bridgehead atoms. The number of hydrogen-bond donors (Lipinski definition) is 1. The number of nitrogens with two attached hydrogens (primary N) is 1. The van der Waals surface area contributed by atoms with Crippen LogP contribution in [0.25, 0.3) is 0 Å². The predicted octanol–water partition coefficient (Wildman–Crippen LogP) is 2.11. The van der Waals surface area contributed by atoms with Crippen molar-refractivity contribution < 1.29 is 13.2 Å². The van der Waals surface area contributed by atoms with E-state index in [-0.39, 0.29) is 10.8 Å². The van der Waals surface area contributed by atoms with Gasteiger partial charge >= 0.3 is 0 Å². The van der Waals surface area contributed by atoms with E-state index in [0.717, 1.165) is 26.3 Å². The average Bonchev–Trinajstić information content (AvgIpc) is 2.93. The molecule has 1 aromatic carbocycles. The van der Waals surface area contributed by atoms with Crippen molar-refractivity contribution in [2.45, 2.75) is 23.2 Å². The van der Waals surface area contributed by atoms with E-state index in [9.17, 15) is 13.2 Å². The van der Waals surface area contributed by atoms with Crippen LogP contribution >= 0.6 is 27.3 Å². The summed E-state index contributed by atoms with van der Waals surface area (Å²) in [5.41, 5.74) is 7.31. The minimum absolute atomic E-state index is 0.154. The van der Waals surface area contributed by atoms with Crippen molar-refractivity contribution in [3.05, 3.63) is 51.3 Å². The Morgan fingerprint density at radius 3 is 2.50 bits per heavy atom. The topological polar surface area (TPSA) is 80.5 Å². The highest BCUT2D eigenvalue weighted by Crippen LogP contribution is 2.33. The molecule has 0 fully saturated rings. The third kappa shape index (κ3) is 2.71. The van der Waals surface area contributed by atoms with E-state index in [4.69, 9.17) is 5.73 Å². The number of nitrogens with zero attached hydrogens (tertiary/aromatic N) is 1. The van der Waals surface area contributed by atoms with E-state index >= 15 is 0 Å². The minimum Gasteiger partial charge on any atom is -0.368 e. The van der Waals surface area contributed by atoms with E-state index in [1.807, 2.05) is 24.3 Å². The van der Waals surface area contributed by atoms with Crippen LogP contribution in [0.15, 0.2) is 44.4 Å². The number of hydrogen-bond acceptors (Lipinski definition) is 4.